The maximum Gasteiger partial charge on any atom is 0.195 e. The number of unbranched alkanes of at least 4 members (excludes halogenated alkanes) is 6. The fraction of sp³-hybridized carbons (Fsp3) is 0.909. The number of rotatable bonds is 15. The predicted molar refractivity (Wildman–Crippen MR) is 128 cm³/mol. The summed E-state index contributed by atoms with van der Waals surface area (Å²) >= 11 is 2.56. The third-order valence-corrected chi connectivity index (χ3v) is 11.0. The third kappa shape index (κ3) is 12.1. The molecule has 0 aromatic heterocycles. The van der Waals surface area contributed by atoms with E-state index in [1.165, 1.54) is 51.4 Å². The quantitative estimate of drug-likeness (QED) is 0.0567. The largest absolute Gasteiger partial charge is 0.391 e. The van der Waals surface area contributed by atoms with Crippen molar-refractivity contribution in [3.8, 4) is 0 Å². The lowest BCUT2D eigenvalue weighted by molar-refractivity contribution is -0.0761. The minimum atomic E-state index is -1.83. The monoisotopic (exact) mass is 496 g/mol. The minimum Gasteiger partial charge on any atom is -0.391 e. The van der Waals surface area contributed by atoms with Crippen LogP contribution in [0.25, 0.3) is 0 Å². The first-order valence-electron chi connectivity index (χ1n) is 10.7. The van der Waals surface area contributed by atoms with Crippen LogP contribution >= 0.6 is 22.6 Å². The fourth-order valence-corrected chi connectivity index (χ4v) is 4.68. The lowest BCUT2D eigenvalue weighted by Gasteiger charge is -2.40. The number of ether oxygens (including phenoxy) is 1. The van der Waals surface area contributed by atoms with Crippen molar-refractivity contribution in [1.29, 1.82) is 0 Å². The van der Waals surface area contributed by atoms with Crippen LogP contribution in [0, 0.1) is 0 Å². The van der Waals surface area contributed by atoms with Gasteiger partial charge in [-0.05, 0) is 31.0 Å². The molecule has 0 aliphatic heterocycles. The summed E-state index contributed by atoms with van der Waals surface area (Å²) in [6.45, 7) is 16.7. The maximum atomic E-state index is 6.64. The molecule has 0 aromatic carbocycles. The van der Waals surface area contributed by atoms with Gasteiger partial charge < -0.3 is 9.16 Å². The molecule has 2 nitrogen and oxygen atoms in total. The third-order valence-electron chi connectivity index (χ3n) is 5.32. The summed E-state index contributed by atoms with van der Waals surface area (Å²) in [6, 6.07) is 0. The average Bonchev–Trinajstić information content (AvgIpc) is 2.55. The van der Waals surface area contributed by atoms with Crippen molar-refractivity contribution in [2.75, 3.05) is 6.61 Å². The summed E-state index contributed by atoms with van der Waals surface area (Å²) in [5.41, 5.74) is 0. The molecule has 0 aliphatic rings. The first-order valence-corrected chi connectivity index (χ1v) is 14.9. The van der Waals surface area contributed by atoms with E-state index in [1.807, 2.05) is 0 Å². The molecule has 0 saturated carbocycles. The SMILES string of the molecule is CCC/C=C/COC(O[Si](C)(C)C(C)(C)C)C(I)CCCCCCCC. The minimum absolute atomic E-state index is 0.0848. The smallest absolute Gasteiger partial charge is 0.195 e. The number of alkyl halides is 1. The van der Waals surface area contributed by atoms with Crippen molar-refractivity contribution in [3.63, 3.8) is 0 Å². The van der Waals surface area contributed by atoms with E-state index in [9.17, 15) is 0 Å². The van der Waals surface area contributed by atoms with E-state index in [-0.39, 0.29) is 11.3 Å². The zero-order valence-electron chi connectivity index (χ0n) is 18.6. The molecule has 0 aromatic rings. The van der Waals surface area contributed by atoms with Gasteiger partial charge in [-0.25, -0.2) is 0 Å². The van der Waals surface area contributed by atoms with Crippen LogP contribution in [0.3, 0.4) is 0 Å². The predicted octanol–water partition coefficient (Wildman–Crippen LogP) is 8.26. The van der Waals surface area contributed by atoms with Crippen molar-refractivity contribution in [2.24, 2.45) is 0 Å². The molecule has 0 heterocycles. The van der Waals surface area contributed by atoms with E-state index in [2.05, 4.69) is 82.5 Å². The van der Waals surface area contributed by atoms with Crippen LogP contribution in [-0.4, -0.2) is 25.1 Å². The first kappa shape index (κ1) is 26.6. The second-order valence-corrected chi connectivity index (χ2v) is 15.3. The Morgan fingerprint density at radius 3 is 2.12 bits per heavy atom. The summed E-state index contributed by atoms with van der Waals surface area (Å²) in [6.07, 6.45) is 15.8. The molecule has 156 valence electrons. The van der Waals surface area contributed by atoms with Gasteiger partial charge in [0, 0.05) is 0 Å². The zero-order valence-corrected chi connectivity index (χ0v) is 21.7. The van der Waals surface area contributed by atoms with Crippen LogP contribution in [0.5, 0.6) is 0 Å². The van der Waals surface area contributed by atoms with Crippen molar-refractivity contribution < 1.29 is 9.16 Å². The van der Waals surface area contributed by atoms with Gasteiger partial charge in [0.15, 0.2) is 14.6 Å². The van der Waals surface area contributed by atoms with E-state index >= 15 is 0 Å². The van der Waals surface area contributed by atoms with Gasteiger partial charge >= 0.3 is 0 Å². The standard InChI is InChI=1S/C22H45IO2Si/c1-8-10-12-14-15-16-18-20(23)21(24-19-17-13-11-9-2)25-26(6,7)22(3,4)5/h13,17,20-21H,8-12,14-16,18-19H2,1-7H3/b17-13+. The highest BCUT2D eigenvalue weighted by molar-refractivity contribution is 14.1. The lowest BCUT2D eigenvalue weighted by Crippen LogP contribution is -2.47. The Kier molecular flexibility index (Phi) is 14.9. The van der Waals surface area contributed by atoms with Gasteiger partial charge in [-0.15, -0.1) is 0 Å². The summed E-state index contributed by atoms with van der Waals surface area (Å²) < 4.78 is 13.3. The molecular formula is C22H45IO2Si. The Balaban J connectivity index is 4.59. The molecule has 26 heavy (non-hydrogen) atoms. The molecule has 0 bridgehead atoms. The number of hydrogen-bond donors (Lipinski definition) is 0. The molecule has 0 saturated heterocycles. The Bertz CT molecular complexity index is 364. The Labute approximate surface area is 179 Å². The van der Waals surface area contributed by atoms with Crippen LogP contribution < -0.4 is 0 Å². The number of allylic oxidation sites excluding steroid dienone is 1. The molecule has 0 N–H and O–H groups in total. The molecular weight excluding hydrogens is 451 g/mol. The van der Waals surface area contributed by atoms with Crippen LogP contribution in [0.1, 0.15) is 92.4 Å². The van der Waals surface area contributed by atoms with Crippen LogP contribution in [0.4, 0.5) is 0 Å². The van der Waals surface area contributed by atoms with Gasteiger partial charge in [-0.2, -0.15) is 0 Å². The van der Waals surface area contributed by atoms with Crippen molar-refractivity contribution in [1.82, 2.24) is 0 Å². The molecule has 2 atom stereocenters. The van der Waals surface area contributed by atoms with Crippen molar-refractivity contribution in [3.05, 3.63) is 12.2 Å². The maximum absolute atomic E-state index is 6.64. The van der Waals surface area contributed by atoms with E-state index in [1.54, 1.807) is 0 Å². The summed E-state index contributed by atoms with van der Waals surface area (Å²) in [4.78, 5) is 0. The first-order chi connectivity index (χ1) is 12.2. The van der Waals surface area contributed by atoms with Crippen LogP contribution in [0.2, 0.25) is 18.1 Å². The highest BCUT2D eigenvalue weighted by atomic mass is 127. The number of hydrogen-bond acceptors (Lipinski definition) is 2. The topological polar surface area (TPSA) is 18.5 Å². The summed E-state index contributed by atoms with van der Waals surface area (Å²) in [7, 11) is -1.83. The fourth-order valence-electron chi connectivity index (χ4n) is 2.44. The van der Waals surface area contributed by atoms with Gasteiger partial charge in [0.25, 0.3) is 0 Å². The highest BCUT2D eigenvalue weighted by Crippen LogP contribution is 2.38. The van der Waals surface area contributed by atoms with Gasteiger partial charge in [-0.1, -0.05) is 114 Å². The van der Waals surface area contributed by atoms with Gasteiger partial charge in [0.05, 0.1) is 10.5 Å². The molecule has 0 rings (SSSR count). The average molecular weight is 497 g/mol. The molecule has 0 radical (unpaired) electrons. The van der Waals surface area contributed by atoms with Gasteiger partial charge in [0.1, 0.15) is 0 Å². The normalized spacial score (nSPS) is 15.5. The lowest BCUT2D eigenvalue weighted by atomic mass is 10.1. The Hall–Kier alpha value is 0.607. The number of halogens is 1. The Morgan fingerprint density at radius 2 is 1.54 bits per heavy atom. The second-order valence-electron chi connectivity index (χ2n) is 8.91. The van der Waals surface area contributed by atoms with Gasteiger partial charge in [0.2, 0.25) is 0 Å². The summed E-state index contributed by atoms with van der Waals surface area (Å²) in [5, 5.41) is 0.211. The zero-order chi connectivity index (χ0) is 20.1. The molecule has 2 unspecified atom stereocenters. The van der Waals surface area contributed by atoms with Gasteiger partial charge in [-0.3, -0.25) is 0 Å². The highest BCUT2D eigenvalue weighted by Gasteiger charge is 2.40. The van der Waals surface area contributed by atoms with Crippen LogP contribution in [0.15, 0.2) is 12.2 Å². The molecule has 0 aliphatic carbocycles. The van der Waals surface area contributed by atoms with Crippen molar-refractivity contribution >= 4 is 30.9 Å². The van der Waals surface area contributed by atoms with Crippen LogP contribution in [-0.2, 0) is 9.16 Å². The van der Waals surface area contributed by atoms with Crippen molar-refractivity contribution in [2.45, 2.75) is 121 Å². The molecule has 0 spiro atoms. The van der Waals surface area contributed by atoms with E-state index in [4.69, 9.17) is 9.16 Å². The van der Waals surface area contributed by atoms with E-state index in [0.717, 1.165) is 6.42 Å². The van der Waals surface area contributed by atoms with E-state index < -0.39 is 8.32 Å². The molecule has 4 heteroatoms. The molecule has 0 fully saturated rings. The Morgan fingerprint density at radius 1 is 0.923 bits per heavy atom. The van der Waals surface area contributed by atoms with E-state index in [0.29, 0.717) is 10.5 Å². The molecule has 0 amide bonds. The second kappa shape index (κ2) is 14.6. The summed E-state index contributed by atoms with van der Waals surface area (Å²) in [5.74, 6) is 0.